The summed E-state index contributed by atoms with van der Waals surface area (Å²) in [4.78, 5) is 15.8. The van der Waals surface area contributed by atoms with Crippen LogP contribution in [0.1, 0.15) is 18.6 Å². The number of carbonyl (C=O) groups excluding carboxylic acids is 1. The number of halogens is 1. The van der Waals surface area contributed by atoms with Crippen molar-refractivity contribution in [3.63, 3.8) is 0 Å². The lowest BCUT2D eigenvalue weighted by Crippen LogP contribution is -2.43. The Balaban J connectivity index is 1.34. The molecule has 0 aliphatic carbocycles. The minimum atomic E-state index is -0.0580. The van der Waals surface area contributed by atoms with Crippen LogP contribution in [0, 0.1) is 5.92 Å². The molecule has 3 heterocycles. The van der Waals surface area contributed by atoms with Crippen molar-refractivity contribution in [3.8, 4) is 0 Å². The van der Waals surface area contributed by atoms with E-state index in [0.29, 0.717) is 13.1 Å². The Labute approximate surface area is 182 Å². The monoisotopic (exact) mass is 472 g/mol. The van der Waals surface area contributed by atoms with Gasteiger partial charge < -0.3 is 14.6 Å². The lowest BCUT2D eigenvalue weighted by Gasteiger charge is -2.32. The first-order valence-corrected chi connectivity index (χ1v) is 11.1. The molecule has 1 amide bonds. The Morgan fingerprint density at radius 2 is 2.07 bits per heavy atom. The van der Waals surface area contributed by atoms with Crippen LogP contribution in [0.15, 0.2) is 73.6 Å². The topological polar surface area (TPSA) is 71.3 Å². The highest BCUT2D eigenvalue weighted by Crippen LogP contribution is 2.28. The van der Waals surface area contributed by atoms with Gasteiger partial charge in [0.25, 0.3) is 0 Å². The molecule has 8 heteroatoms. The van der Waals surface area contributed by atoms with Crippen LogP contribution in [-0.2, 0) is 11.3 Å². The molecule has 150 valence electrons. The molecule has 4 rings (SSSR count). The predicted octanol–water partition coefficient (Wildman–Crippen LogP) is 4.52. The van der Waals surface area contributed by atoms with Gasteiger partial charge in [-0.3, -0.25) is 4.79 Å². The molecule has 0 spiro atoms. The number of nitrogens with one attached hydrogen (secondary N) is 1. The molecule has 3 aromatic rings. The van der Waals surface area contributed by atoms with E-state index in [4.69, 9.17) is 4.42 Å². The molecule has 29 heavy (non-hydrogen) atoms. The first-order valence-electron chi connectivity index (χ1n) is 9.49. The standard InChI is InChI=1S/C21H21BrN4O2S/c22-16-5-7-18(8-6-16)29-20-10-9-19(24-25-20)26-11-1-3-15(14-26)21(27)23-13-17-4-2-12-28-17/h2,4-10,12,15H,1,3,11,13-14H2,(H,23,27)/t15-/m0/s1. The van der Waals surface area contributed by atoms with Gasteiger partial charge in [-0.15, -0.1) is 10.2 Å². The lowest BCUT2D eigenvalue weighted by atomic mass is 9.97. The van der Waals surface area contributed by atoms with Gasteiger partial charge in [0.2, 0.25) is 5.91 Å². The zero-order chi connectivity index (χ0) is 20.1. The molecule has 0 radical (unpaired) electrons. The number of anilines is 1. The summed E-state index contributed by atoms with van der Waals surface area (Å²) in [6.45, 7) is 1.96. The van der Waals surface area contributed by atoms with E-state index in [1.54, 1.807) is 18.0 Å². The number of carbonyl (C=O) groups is 1. The zero-order valence-electron chi connectivity index (χ0n) is 15.8. The number of hydrogen-bond acceptors (Lipinski definition) is 6. The van der Waals surface area contributed by atoms with E-state index in [1.165, 1.54) is 0 Å². The molecule has 0 saturated carbocycles. The molecule has 1 atom stereocenters. The summed E-state index contributed by atoms with van der Waals surface area (Å²) in [6, 6.07) is 15.7. The summed E-state index contributed by atoms with van der Waals surface area (Å²) in [5.41, 5.74) is 0. The molecule has 1 aliphatic rings. The van der Waals surface area contributed by atoms with Crippen LogP contribution in [0.4, 0.5) is 5.82 Å². The fraction of sp³-hybridized carbons (Fsp3) is 0.286. The zero-order valence-corrected chi connectivity index (χ0v) is 18.2. The smallest absolute Gasteiger partial charge is 0.225 e. The number of nitrogens with zero attached hydrogens (tertiary/aromatic N) is 3. The molecule has 1 aromatic carbocycles. The second kappa shape index (κ2) is 9.45. The number of amides is 1. The summed E-state index contributed by atoms with van der Waals surface area (Å²) in [7, 11) is 0. The second-order valence-corrected chi connectivity index (χ2v) is 8.88. The highest BCUT2D eigenvalue weighted by atomic mass is 79.9. The van der Waals surface area contributed by atoms with Gasteiger partial charge in [-0.2, -0.15) is 0 Å². The number of aromatic nitrogens is 2. The molecular formula is C21H21BrN4O2S. The Morgan fingerprint density at radius 3 is 2.79 bits per heavy atom. The van der Waals surface area contributed by atoms with Gasteiger partial charge in [0.15, 0.2) is 5.82 Å². The van der Waals surface area contributed by atoms with Gasteiger partial charge in [0.1, 0.15) is 10.8 Å². The van der Waals surface area contributed by atoms with Crippen LogP contribution in [0.5, 0.6) is 0 Å². The molecule has 1 saturated heterocycles. The first kappa shape index (κ1) is 20.0. The van der Waals surface area contributed by atoms with E-state index in [0.717, 1.165) is 45.4 Å². The largest absolute Gasteiger partial charge is 0.467 e. The van der Waals surface area contributed by atoms with Crippen molar-refractivity contribution < 1.29 is 9.21 Å². The normalized spacial score (nSPS) is 16.6. The third-order valence-electron chi connectivity index (χ3n) is 4.80. The maximum Gasteiger partial charge on any atom is 0.225 e. The van der Waals surface area contributed by atoms with Crippen molar-refractivity contribution in [1.82, 2.24) is 15.5 Å². The van der Waals surface area contributed by atoms with Gasteiger partial charge in [-0.1, -0.05) is 27.7 Å². The molecular weight excluding hydrogens is 452 g/mol. The van der Waals surface area contributed by atoms with Crippen molar-refractivity contribution in [3.05, 3.63) is 65.0 Å². The van der Waals surface area contributed by atoms with E-state index in [1.807, 2.05) is 48.5 Å². The predicted molar refractivity (Wildman–Crippen MR) is 116 cm³/mol. The molecule has 6 nitrogen and oxygen atoms in total. The molecule has 1 fully saturated rings. The fourth-order valence-corrected chi connectivity index (χ4v) is 4.29. The first-order chi connectivity index (χ1) is 14.2. The van der Waals surface area contributed by atoms with Crippen molar-refractivity contribution in [2.45, 2.75) is 29.3 Å². The Hall–Kier alpha value is -2.32. The van der Waals surface area contributed by atoms with Crippen LogP contribution in [0.3, 0.4) is 0 Å². The summed E-state index contributed by atoms with van der Waals surface area (Å²) < 4.78 is 6.33. The van der Waals surface area contributed by atoms with Crippen molar-refractivity contribution in [2.24, 2.45) is 5.92 Å². The van der Waals surface area contributed by atoms with Crippen LogP contribution < -0.4 is 10.2 Å². The fourth-order valence-electron chi connectivity index (χ4n) is 3.29. The third kappa shape index (κ3) is 5.39. The van der Waals surface area contributed by atoms with E-state index in [-0.39, 0.29) is 11.8 Å². The van der Waals surface area contributed by atoms with Crippen molar-refractivity contribution in [2.75, 3.05) is 18.0 Å². The number of hydrogen-bond donors (Lipinski definition) is 1. The Kier molecular flexibility index (Phi) is 6.51. The van der Waals surface area contributed by atoms with E-state index in [9.17, 15) is 4.79 Å². The summed E-state index contributed by atoms with van der Waals surface area (Å²) in [6.07, 6.45) is 3.45. The minimum Gasteiger partial charge on any atom is -0.467 e. The molecule has 1 N–H and O–H groups in total. The number of benzene rings is 1. The van der Waals surface area contributed by atoms with Gasteiger partial charge in [0.05, 0.1) is 18.7 Å². The highest BCUT2D eigenvalue weighted by molar-refractivity contribution is 9.10. The Bertz CT molecular complexity index is 932. The van der Waals surface area contributed by atoms with E-state index in [2.05, 4.69) is 36.3 Å². The van der Waals surface area contributed by atoms with Crippen molar-refractivity contribution in [1.29, 1.82) is 0 Å². The van der Waals surface area contributed by atoms with Gasteiger partial charge >= 0.3 is 0 Å². The van der Waals surface area contributed by atoms with Crippen LogP contribution in [-0.4, -0.2) is 29.2 Å². The average Bonchev–Trinajstić information content (AvgIpc) is 3.28. The molecule has 2 aromatic heterocycles. The average molecular weight is 473 g/mol. The van der Waals surface area contributed by atoms with Crippen LogP contribution in [0.2, 0.25) is 0 Å². The molecule has 0 unspecified atom stereocenters. The number of rotatable bonds is 6. The second-order valence-electron chi connectivity index (χ2n) is 6.87. The van der Waals surface area contributed by atoms with Gasteiger partial charge in [-0.25, -0.2) is 0 Å². The van der Waals surface area contributed by atoms with E-state index < -0.39 is 0 Å². The Morgan fingerprint density at radius 1 is 1.21 bits per heavy atom. The lowest BCUT2D eigenvalue weighted by molar-refractivity contribution is -0.125. The molecule has 1 aliphatic heterocycles. The summed E-state index contributed by atoms with van der Waals surface area (Å²) in [5.74, 6) is 1.57. The maximum absolute atomic E-state index is 12.5. The summed E-state index contributed by atoms with van der Waals surface area (Å²) in [5, 5.41) is 12.6. The highest BCUT2D eigenvalue weighted by Gasteiger charge is 2.26. The van der Waals surface area contributed by atoms with E-state index >= 15 is 0 Å². The number of furan rings is 1. The van der Waals surface area contributed by atoms with Gasteiger partial charge in [-0.05, 0) is 61.4 Å². The maximum atomic E-state index is 12.5. The summed E-state index contributed by atoms with van der Waals surface area (Å²) >= 11 is 5.02. The SMILES string of the molecule is O=C(NCc1ccco1)[C@H]1CCCN(c2ccc(Sc3ccc(Br)cc3)nn2)C1. The van der Waals surface area contributed by atoms with Crippen LogP contribution >= 0.6 is 27.7 Å². The minimum absolute atomic E-state index is 0.0569. The van der Waals surface area contributed by atoms with Gasteiger partial charge in [0, 0.05) is 22.5 Å². The number of piperidine rings is 1. The van der Waals surface area contributed by atoms with Crippen LogP contribution in [0.25, 0.3) is 0 Å². The quantitative estimate of drug-likeness (QED) is 0.568. The third-order valence-corrected chi connectivity index (χ3v) is 6.26. The molecule has 0 bridgehead atoms. The van der Waals surface area contributed by atoms with Crippen molar-refractivity contribution >= 4 is 39.4 Å².